The first-order valence-corrected chi connectivity index (χ1v) is 7.35. The lowest BCUT2D eigenvalue weighted by Crippen LogP contribution is -2.23. The highest BCUT2D eigenvalue weighted by Gasteiger charge is 2.14. The van der Waals surface area contributed by atoms with E-state index in [4.69, 9.17) is 10.5 Å². The van der Waals surface area contributed by atoms with Gasteiger partial charge in [0.2, 0.25) is 0 Å². The number of unbranched alkanes of at least 4 members (excludes halogenated alkanes) is 1. The lowest BCUT2D eigenvalue weighted by molar-refractivity contribution is 0.114. The Bertz CT molecular complexity index is 335. The summed E-state index contributed by atoms with van der Waals surface area (Å²) in [5.74, 6) is 0. The van der Waals surface area contributed by atoms with E-state index in [0.717, 1.165) is 24.0 Å². The standard InChI is InChI=1S/C15H24BrNO/c1-15(2,12-17)9-3-4-10-18-11-13-5-7-14(16)8-6-13/h5-8H,3-4,9-12,17H2,1-2H3. The zero-order valence-electron chi connectivity index (χ0n) is 11.4. The van der Waals surface area contributed by atoms with Crippen molar-refractivity contribution in [3.8, 4) is 0 Å². The van der Waals surface area contributed by atoms with Crippen molar-refractivity contribution >= 4 is 15.9 Å². The van der Waals surface area contributed by atoms with Gasteiger partial charge in [0.1, 0.15) is 0 Å². The molecule has 2 N–H and O–H groups in total. The molecule has 0 bridgehead atoms. The summed E-state index contributed by atoms with van der Waals surface area (Å²) < 4.78 is 6.77. The summed E-state index contributed by atoms with van der Waals surface area (Å²) in [7, 11) is 0. The second kappa shape index (κ2) is 7.93. The van der Waals surface area contributed by atoms with Gasteiger partial charge in [0.25, 0.3) is 0 Å². The van der Waals surface area contributed by atoms with Crippen molar-refractivity contribution in [1.29, 1.82) is 0 Å². The van der Waals surface area contributed by atoms with Crippen molar-refractivity contribution in [2.24, 2.45) is 11.1 Å². The molecule has 0 aromatic heterocycles. The lowest BCUT2D eigenvalue weighted by Gasteiger charge is -2.21. The van der Waals surface area contributed by atoms with Gasteiger partial charge in [-0.1, -0.05) is 48.3 Å². The monoisotopic (exact) mass is 313 g/mol. The molecule has 0 fully saturated rings. The van der Waals surface area contributed by atoms with E-state index in [9.17, 15) is 0 Å². The van der Waals surface area contributed by atoms with E-state index in [1.54, 1.807) is 0 Å². The maximum absolute atomic E-state index is 5.70. The fourth-order valence-corrected chi connectivity index (χ4v) is 1.94. The van der Waals surface area contributed by atoms with Crippen molar-refractivity contribution in [3.05, 3.63) is 34.3 Å². The summed E-state index contributed by atoms with van der Waals surface area (Å²) in [4.78, 5) is 0. The molecule has 0 aliphatic carbocycles. The number of hydrogen-bond acceptors (Lipinski definition) is 2. The number of rotatable bonds is 8. The fourth-order valence-electron chi connectivity index (χ4n) is 1.68. The van der Waals surface area contributed by atoms with Gasteiger partial charge in [0, 0.05) is 11.1 Å². The fraction of sp³-hybridized carbons (Fsp3) is 0.600. The molecule has 0 aliphatic heterocycles. The van der Waals surface area contributed by atoms with Gasteiger partial charge in [-0.05, 0) is 42.5 Å². The molecule has 0 heterocycles. The molecular weight excluding hydrogens is 290 g/mol. The molecule has 0 unspecified atom stereocenters. The third kappa shape index (κ3) is 6.53. The highest BCUT2D eigenvalue weighted by atomic mass is 79.9. The van der Waals surface area contributed by atoms with Gasteiger partial charge in [-0.15, -0.1) is 0 Å². The Morgan fingerprint density at radius 3 is 2.44 bits per heavy atom. The Kier molecular flexibility index (Phi) is 6.90. The van der Waals surface area contributed by atoms with Gasteiger partial charge in [-0.2, -0.15) is 0 Å². The van der Waals surface area contributed by atoms with E-state index in [1.165, 1.54) is 18.4 Å². The smallest absolute Gasteiger partial charge is 0.0716 e. The van der Waals surface area contributed by atoms with E-state index in [1.807, 2.05) is 12.1 Å². The Morgan fingerprint density at radius 2 is 1.83 bits per heavy atom. The number of hydrogen-bond donors (Lipinski definition) is 1. The Morgan fingerprint density at radius 1 is 1.17 bits per heavy atom. The molecule has 102 valence electrons. The maximum atomic E-state index is 5.70. The molecule has 0 radical (unpaired) electrons. The summed E-state index contributed by atoms with van der Waals surface area (Å²) in [6.45, 7) is 6.72. The molecule has 0 amide bonds. The van der Waals surface area contributed by atoms with E-state index < -0.39 is 0 Å². The van der Waals surface area contributed by atoms with Crippen LogP contribution in [0.4, 0.5) is 0 Å². The van der Waals surface area contributed by atoms with Crippen molar-refractivity contribution in [3.63, 3.8) is 0 Å². The number of nitrogens with two attached hydrogens (primary N) is 1. The van der Waals surface area contributed by atoms with Crippen molar-refractivity contribution in [2.75, 3.05) is 13.2 Å². The minimum absolute atomic E-state index is 0.270. The predicted octanol–water partition coefficient (Wildman–Crippen LogP) is 4.12. The normalized spacial score (nSPS) is 11.8. The minimum Gasteiger partial charge on any atom is -0.377 e. The van der Waals surface area contributed by atoms with Gasteiger partial charge < -0.3 is 10.5 Å². The quantitative estimate of drug-likeness (QED) is 0.733. The molecule has 0 saturated carbocycles. The van der Waals surface area contributed by atoms with Crippen LogP contribution in [0.1, 0.15) is 38.7 Å². The van der Waals surface area contributed by atoms with Gasteiger partial charge in [0.05, 0.1) is 6.61 Å². The average molecular weight is 314 g/mol. The first-order valence-electron chi connectivity index (χ1n) is 6.56. The van der Waals surface area contributed by atoms with Crippen LogP contribution in [-0.4, -0.2) is 13.2 Å². The van der Waals surface area contributed by atoms with E-state index >= 15 is 0 Å². The topological polar surface area (TPSA) is 35.2 Å². The van der Waals surface area contributed by atoms with Crippen LogP contribution in [-0.2, 0) is 11.3 Å². The summed E-state index contributed by atoms with van der Waals surface area (Å²) in [5.41, 5.74) is 7.19. The van der Waals surface area contributed by atoms with Crippen LogP contribution >= 0.6 is 15.9 Å². The summed E-state index contributed by atoms with van der Waals surface area (Å²) >= 11 is 3.42. The number of ether oxygens (including phenoxy) is 1. The van der Waals surface area contributed by atoms with Crippen LogP contribution in [0.5, 0.6) is 0 Å². The molecule has 0 aliphatic rings. The molecule has 0 spiro atoms. The van der Waals surface area contributed by atoms with Crippen LogP contribution in [0, 0.1) is 5.41 Å². The van der Waals surface area contributed by atoms with E-state index in [0.29, 0.717) is 6.61 Å². The van der Waals surface area contributed by atoms with Crippen molar-refractivity contribution in [1.82, 2.24) is 0 Å². The van der Waals surface area contributed by atoms with Gasteiger partial charge in [-0.3, -0.25) is 0 Å². The summed E-state index contributed by atoms with van der Waals surface area (Å²) in [6.07, 6.45) is 3.47. The molecule has 0 saturated heterocycles. The van der Waals surface area contributed by atoms with Crippen LogP contribution in [0.25, 0.3) is 0 Å². The van der Waals surface area contributed by atoms with E-state index in [2.05, 4.69) is 41.9 Å². The predicted molar refractivity (Wildman–Crippen MR) is 80.5 cm³/mol. The molecule has 1 aromatic rings. The van der Waals surface area contributed by atoms with Crippen molar-refractivity contribution < 1.29 is 4.74 Å². The number of halogens is 1. The third-order valence-corrected chi connectivity index (χ3v) is 3.66. The summed E-state index contributed by atoms with van der Waals surface area (Å²) in [6, 6.07) is 8.26. The molecular formula is C15H24BrNO. The molecule has 1 rings (SSSR count). The van der Waals surface area contributed by atoms with Crippen LogP contribution in [0.15, 0.2) is 28.7 Å². The second-order valence-electron chi connectivity index (χ2n) is 5.50. The zero-order chi connectivity index (χ0) is 13.4. The second-order valence-corrected chi connectivity index (χ2v) is 6.42. The molecule has 1 aromatic carbocycles. The molecule has 0 atom stereocenters. The van der Waals surface area contributed by atoms with Gasteiger partial charge >= 0.3 is 0 Å². The zero-order valence-corrected chi connectivity index (χ0v) is 13.0. The van der Waals surface area contributed by atoms with Crippen LogP contribution in [0.2, 0.25) is 0 Å². The van der Waals surface area contributed by atoms with Crippen LogP contribution in [0.3, 0.4) is 0 Å². The molecule has 3 heteroatoms. The first kappa shape index (κ1) is 15.7. The first-order chi connectivity index (χ1) is 8.53. The average Bonchev–Trinajstić information content (AvgIpc) is 2.36. The number of benzene rings is 1. The van der Waals surface area contributed by atoms with Crippen molar-refractivity contribution in [2.45, 2.75) is 39.7 Å². The van der Waals surface area contributed by atoms with Gasteiger partial charge in [0.15, 0.2) is 0 Å². The maximum Gasteiger partial charge on any atom is 0.0716 e. The summed E-state index contributed by atoms with van der Waals surface area (Å²) in [5, 5.41) is 0. The third-order valence-electron chi connectivity index (χ3n) is 3.13. The largest absolute Gasteiger partial charge is 0.377 e. The molecule has 2 nitrogen and oxygen atoms in total. The van der Waals surface area contributed by atoms with E-state index in [-0.39, 0.29) is 5.41 Å². The Hall–Kier alpha value is -0.380. The molecule has 18 heavy (non-hydrogen) atoms. The highest BCUT2D eigenvalue weighted by Crippen LogP contribution is 2.21. The lowest BCUT2D eigenvalue weighted by atomic mass is 9.87. The SMILES string of the molecule is CC(C)(CN)CCCCOCc1ccc(Br)cc1. The van der Waals surface area contributed by atoms with Crippen LogP contribution < -0.4 is 5.73 Å². The minimum atomic E-state index is 0.270. The van der Waals surface area contributed by atoms with Gasteiger partial charge in [-0.25, -0.2) is 0 Å². The Labute approximate surface area is 119 Å². The highest BCUT2D eigenvalue weighted by molar-refractivity contribution is 9.10. The Balaban J connectivity index is 2.07.